The molecule has 18 heavy (non-hydrogen) atoms. The molecule has 1 atom stereocenters. The van der Waals surface area contributed by atoms with Gasteiger partial charge in [-0.2, -0.15) is 9.47 Å². The van der Waals surface area contributed by atoms with Crippen LogP contribution in [0.5, 0.6) is 5.88 Å². The zero-order valence-electron chi connectivity index (χ0n) is 9.98. The Labute approximate surface area is 109 Å². The van der Waals surface area contributed by atoms with Gasteiger partial charge < -0.3 is 15.2 Å². The highest BCUT2D eigenvalue weighted by Gasteiger charge is 2.07. The fourth-order valence-electron chi connectivity index (χ4n) is 1.31. The summed E-state index contributed by atoms with van der Waals surface area (Å²) in [5, 5.41) is 17.0. The lowest BCUT2D eigenvalue weighted by Gasteiger charge is -2.11. The summed E-state index contributed by atoms with van der Waals surface area (Å²) in [4.78, 5) is 0. The Kier molecular flexibility index (Phi) is 4.48. The van der Waals surface area contributed by atoms with Crippen molar-refractivity contribution in [1.82, 2.24) is 18.5 Å². The normalized spacial score (nSPS) is 12.3. The van der Waals surface area contributed by atoms with E-state index in [4.69, 9.17) is 4.74 Å². The molecule has 8 heteroatoms. The van der Waals surface area contributed by atoms with Gasteiger partial charge in [-0.15, -0.1) is 4.37 Å². The molecular formula is C10H15N5O2S. The summed E-state index contributed by atoms with van der Waals surface area (Å²) in [6.45, 7) is 3.39. The van der Waals surface area contributed by atoms with E-state index >= 15 is 0 Å². The van der Waals surface area contributed by atoms with Gasteiger partial charge in [-0.1, -0.05) is 0 Å². The molecule has 0 aliphatic heterocycles. The van der Waals surface area contributed by atoms with Crippen LogP contribution in [0, 0.1) is 0 Å². The van der Waals surface area contributed by atoms with E-state index in [1.807, 2.05) is 23.9 Å². The van der Waals surface area contributed by atoms with Gasteiger partial charge in [0.2, 0.25) is 5.88 Å². The fourth-order valence-corrected chi connectivity index (χ4v) is 1.68. The minimum Gasteiger partial charge on any atom is -0.473 e. The van der Waals surface area contributed by atoms with E-state index in [2.05, 4.69) is 19.2 Å². The molecule has 2 aromatic heterocycles. The summed E-state index contributed by atoms with van der Waals surface area (Å²) >= 11 is 1.07. The van der Waals surface area contributed by atoms with Crippen LogP contribution in [0.2, 0.25) is 0 Å². The second-order valence-electron chi connectivity index (χ2n) is 3.65. The Balaban J connectivity index is 1.69. The predicted octanol–water partition coefficient (Wildman–Crippen LogP) is 0.606. The summed E-state index contributed by atoms with van der Waals surface area (Å²) in [5.41, 5.74) is 0. The number of aliphatic hydroxyl groups is 1. The third kappa shape index (κ3) is 3.67. The number of ether oxygens (including phenoxy) is 1. The third-order valence-corrected chi connectivity index (χ3v) is 2.71. The van der Waals surface area contributed by atoms with Crippen LogP contribution in [0.1, 0.15) is 6.92 Å². The third-order valence-electron chi connectivity index (χ3n) is 2.25. The first-order valence-corrected chi connectivity index (χ1v) is 6.36. The second kappa shape index (κ2) is 6.31. The molecule has 0 radical (unpaired) electrons. The number of anilines is 1. The molecule has 0 aromatic carbocycles. The van der Waals surface area contributed by atoms with Gasteiger partial charge in [-0.05, 0) is 6.92 Å². The minimum atomic E-state index is -0.626. The number of rotatable bonds is 7. The van der Waals surface area contributed by atoms with E-state index in [1.54, 1.807) is 0 Å². The van der Waals surface area contributed by atoms with Crippen LogP contribution >= 0.6 is 11.7 Å². The number of hydrogen-bond acceptors (Lipinski definition) is 7. The van der Waals surface area contributed by atoms with Crippen molar-refractivity contribution in [2.24, 2.45) is 0 Å². The lowest BCUT2D eigenvalue weighted by molar-refractivity contribution is 0.115. The number of aliphatic hydroxyl groups excluding tert-OH is 1. The molecule has 0 spiro atoms. The van der Waals surface area contributed by atoms with E-state index in [9.17, 15) is 5.11 Å². The zero-order chi connectivity index (χ0) is 12.8. The average molecular weight is 269 g/mol. The van der Waals surface area contributed by atoms with Gasteiger partial charge in [0.15, 0.2) is 0 Å². The van der Waals surface area contributed by atoms with E-state index in [0.29, 0.717) is 12.4 Å². The Hall–Kier alpha value is -1.67. The standard InChI is InChI=1S/C10H15N5O2S/c1-2-15-4-3-9(13-15)11-5-8(16)7-17-10-6-12-18-14-10/h3-4,6,8,16H,2,5,7H2,1H3,(H,11,13). The van der Waals surface area contributed by atoms with Crippen molar-refractivity contribution in [2.75, 3.05) is 18.5 Å². The second-order valence-corrected chi connectivity index (χ2v) is 4.20. The van der Waals surface area contributed by atoms with Gasteiger partial charge in [0.05, 0.1) is 11.7 Å². The monoisotopic (exact) mass is 269 g/mol. The topological polar surface area (TPSA) is 85.1 Å². The predicted molar refractivity (Wildman–Crippen MR) is 67.8 cm³/mol. The number of nitrogens with one attached hydrogen (secondary N) is 1. The van der Waals surface area contributed by atoms with E-state index in [1.165, 1.54) is 6.20 Å². The number of nitrogens with zero attached hydrogens (tertiary/aromatic N) is 4. The molecule has 2 N–H and O–H groups in total. The maximum atomic E-state index is 9.71. The largest absolute Gasteiger partial charge is 0.473 e. The van der Waals surface area contributed by atoms with Gasteiger partial charge >= 0.3 is 0 Å². The Morgan fingerprint density at radius 2 is 2.50 bits per heavy atom. The van der Waals surface area contributed by atoms with Crippen LogP contribution in [0.3, 0.4) is 0 Å². The quantitative estimate of drug-likeness (QED) is 0.766. The van der Waals surface area contributed by atoms with Crippen LogP contribution in [-0.2, 0) is 6.54 Å². The molecule has 0 aliphatic rings. The molecule has 2 rings (SSSR count). The Bertz CT molecular complexity index is 459. The highest BCUT2D eigenvalue weighted by atomic mass is 32.1. The summed E-state index contributed by atoms with van der Waals surface area (Å²) < 4.78 is 14.7. The lowest BCUT2D eigenvalue weighted by Crippen LogP contribution is -2.26. The summed E-state index contributed by atoms with van der Waals surface area (Å²) in [5.74, 6) is 1.18. The van der Waals surface area contributed by atoms with Crippen molar-refractivity contribution < 1.29 is 9.84 Å². The molecule has 0 fully saturated rings. The van der Waals surface area contributed by atoms with Gasteiger partial charge in [-0.25, -0.2) is 0 Å². The van der Waals surface area contributed by atoms with E-state index in [0.717, 1.165) is 24.1 Å². The maximum Gasteiger partial charge on any atom is 0.245 e. The zero-order valence-corrected chi connectivity index (χ0v) is 10.8. The number of aromatic nitrogens is 4. The molecule has 2 heterocycles. The van der Waals surface area contributed by atoms with E-state index in [-0.39, 0.29) is 6.61 Å². The van der Waals surface area contributed by atoms with Crippen LogP contribution in [0.4, 0.5) is 5.82 Å². The molecule has 0 amide bonds. The number of aryl methyl sites for hydroxylation is 1. The van der Waals surface area contributed by atoms with Crippen LogP contribution in [0.25, 0.3) is 0 Å². The molecule has 1 unspecified atom stereocenters. The van der Waals surface area contributed by atoms with Gasteiger partial charge in [0.1, 0.15) is 24.7 Å². The molecule has 0 bridgehead atoms. The van der Waals surface area contributed by atoms with Crippen LogP contribution in [-0.4, -0.2) is 42.9 Å². The summed E-state index contributed by atoms with van der Waals surface area (Å²) in [6.07, 6.45) is 2.78. The van der Waals surface area contributed by atoms with Crippen molar-refractivity contribution >= 4 is 17.5 Å². The van der Waals surface area contributed by atoms with Crippen molar-refractivity contribution in [3.05, 3.63) is 18.5 Å². The van der Waals surface area contributed by atoms with E-state index < -0.39 is 6.10 Å². The average Bonchev–Trinajstić information content (AvgIpc) is 3.04. The molecule has 2 aromatic rings. The first kappa shape index (κ1) is 12.8. The highest BCUT2D eigenvalue weighted by molar-refractivity contribution is 6.99. The van der Waals surface area contributed by atoms with Gasteiger partial charge in [0.25, 0.3) is 0 Å². The summed E-state index contributed by atoms with van der Waals surface area (Å²) in [6, 6.07) is 1.86. The van der Waals surface area contributed by atoms with Crippen molar-refractivity contribution in [1.29, 1.82) is 0 Å². The molecule has 98 valence electrons. The van der Waals surface area contributed by atoms with Crippen molar-refractivity contribution in [3.63, 3.8) is 0 Å². The molecular weight excluding hydrogens is 254 g/mol. The van der Waals surface area contributed by atoms with Gasteiger partial charge in [0, 0.05) is 25.4 Å². The first-order valence-electron chi connectivity index (χ1n) is 5.63. The minimum absolute atomic E-state index is 0.174. The molecule has 0 saturated heterocycles. The molecule has 7 nitrogen and oxygen atoms in total. The van der Waals surface area contributed by atoms with Gasteiger partial charge in [-0.3, -0.25) is 4.68 Å². The Morgan fingerprint density at radius 3 is 3.17 bits per heavy atom. The summed E-state index contributed by atoms with van der Waals surface area (Å²) in [7, 11) is 0. The molecule has 0 saturated carbocycles. The highest BCUT2D eigenvalue weighted by Crippen LogP contribution is 2.06. The smallest absolute Gasteiger partial charge is 0.245 e. The Morgan fingerprint density at radius 1 is 1.61 bits per heavy atom. The SMILES string of the molecule is CCn1ccc(NCC(O)COc2cnsn2)n1. The van der Waals surface area contributed by atoms with Crippen molar-refractivity contribution in [3.8, 4) is 5.88 Å². The van der Waals surface area contributed by atoms with Crippen molar-refractivity contribution in [2.45, 2.75) is 19.6 Å². The lowest BCUT2D eigenvalue weighted by atomic mass is 10.4. The van der Waals surface area contributed by atoms with Crippen LogP contribution in [0.15, 0.2) is 18.5 Å². The van der Waals surface area contributed by atoms with Crippen LogP contribution < -0.4 is 10.1 Å². The first-order chi connectivity index (χ1) is 8.78. The maximum absolute atomic E-state index is 9.71. The molecule has 0 aliphatic carbocycles. The fraction of sp³-hybridized carbons (Fsp3) is 0.500. The number of hydrogen-bond donors (Lipinski definition) is 2.